The van der Waals surface area contributed by atoms with E-state index >= 15 is 0 Å². The number of rotatable bonds is 4. The van der Waals surface area contributed by atoms with E-state index in [1.54, 1.807) is 7.11 Å². The Morgan fingerprint density at radius 3 is 2.72 bits per heavy atom. The summed E-state index contributed by atoms with van der Waals surface area (Å²) in [5.74, 6) is 0.931. The van der Waals surface area contributed by atoms with E-state index in [1.165, 1.54) is 25.0 Å². The molecule has 0 unspecified atom stereocenters. The molecule has 0 atom stereocenters. The number of ether oxygens (including phenoxy) is 1. The summed E-state index contributed by atoms with van der Waals surface area (Å²) in [5.41, 5.74) is 0.935. The van der Waals surface area contributed by atoms with E-state index in [4.69, 9.17) is 17.0 Å². The number of hydrogen-bond acceptors (Lipinski definition) is 3. The minimum atomic E-state index is -0.241. The highest BCUT2D eigenvalue weighted by Crippen LogP contribution is 2.38. The molecule has 1 saturated carbocycles. The van der Waals surface area contributed by atoms with Crippen LogP contribution in [0.2, 0.25) is 0 Å². The Kier molecular flexibility index (Phi) is 4.51. The summed E-state index contributed by atoms with van der Waals surface area (Å²) >= 11 is 5.28. The Hall–Kier alpha value is -0.740. The molecule has 1 aromatic heterocycles. The number of hydrogen-bond donors (Lipinski definition) is 1. The summed E-state index contributed by atoms with van der Waals surface area (Å²) in [6.45, 7) is 2.17. The third kappa shape index (κ3) is 2.81. The van der Waals surface area contributed by atoms with Crippen LogP contribution in [0.5, 0.6) is 0 Å². The summed E-state index contributed by atoms with van der Waals surface area (Å²) in [4.78, 5) is 7.96. The average Bonchev–Trinajstić information content (AvgIpc) is 2.39. The van der Waals surface area contributed by atoms with Gasteiger partial charge >= 0.3 is 0 Å². The Morgan fingerprint density at radius 2 is 2.11 bits per heavy atom. The van der Waals surface area contributed by atoms with E-state index in [-0.39, 0.29) is 5.60 Å². The summed E-state index contributed by atoms with van der Waals surface area (Å²) in [6.07, 6.45) is 7.89. The molecule has 0 amide bonds. The van der Waals surface area contributed by atoms with Crippen LogP contribution < -0.4 is 0 Å². The van der Waals surface area contributed by atoms with Crippen LogP contribution in [0.15, 0.2) is 6.07 Å². The van der Waals surface area contributed by atoms with Crippen LogP contribution in [0.3, 0.4) is 0 Å². The first-order valence-electron chi connectivity index (χ1n) is 6.86. The highest BCUT2D eigenvalue weighted by atomic mass is 32.1. The van der Waals surface area contributed by atoms with Crippen molar-refractivity contribution in [1.29, 1.82) is 0 Å². The van der Waals surface area contributed by atoms with Crippen molar-refractivity contribution >= 4 is 12.2 Å². The van der Waals surface area contributed by atoms with Crippen molar-refractivity contribution in [1.82, 2.24) is 9.97 Å². The number of nitrogens with one attached hydrogen (secondary N) is 1. The first-order chi connectivity index (χ1) is 8.70. The Bertz CT molecular complexity index is 449. The van der Waals surface area contributed by atoms with Crippen LogP contribution in [0.4, 0.5) is 0 Å². The molecule has 100 valence electrons. The lowest BCUT2D eigenvalue weighted by atomic mass is 9.84. The van der Waals surface area contributed by atoms with E-state index < -0.39 is 0 Å². The van der Waals surface area contributed by atoms with Crippen LogP contribution >= 0.6 is 12.2 Å². The molecular formula is C14H22N2OS. The Balaban J connectivity index is 2.38. The Labute approximate surface area is 114 Å². The molecule has 18 heavy (non-hydrogen) atoms. The van der Waals surface area contributed by atoms with E-state index in [1.807, 2.05) is 6.07 Å². The number of aromatic amines is 1. The first-order valence-corrected chi connectivity index (χ1v) is 7.27. The average molecular weight is 266 g/mol. The lowest BCUT2D eigenvalue weighted by Gasteiger charge is -2.35. The third-order valence-corrected chi connectivity index (χ3v) is 4.01. The number of H-pyrrole nitrogens is 1. The minimum Gasteiger partial charge on any atom is -0.370 e. The number of methoxy groups -OCH3 is 1. The molecule has 1 fully saturated rings. The van der Waals surface area contributed by atoms with Crippen LogP contribution in [-0.4, -0.2) is 17.1 Å². The first kappa shape index (κ1) is 13.7. The zero-order valence-corrected chi connectivity index (χ0v) is 12.1. The molecule has 1 N–H and O–H groups in total. The smallest absolute Gasteiger partial charge is 0.140 e. The van der Waals surface area contributed by atoms with Gasteiger partial charge < -0.3 is 9.72 Å². The topological polar surface area (TPSA) is 37.9 Å². The molecule has 0 bridgehead atoms. The molecule has 4 heteroatoms. The van der Waals surface area contributed by atoms with E-state index in [0.717, 1.165) is 31.5 Å². The Morgan fingerprint density at radius 1 is 1.39 bits per heavy atom. The largest absolute Gasteiger partial charge is 0.370 e. The molecule has 1 aromatic rings. The quantitative estimate of drug-likeness (QED) is 0.840. The molecule has 0 radical (unpaired) electrons. The van der Waals surface area contributed by atoms with E-state index in [0.29, 0.717) is 4.64 Å². The molecular weight excluding hydrogens is 244 g/mol. The fraction of sp³-hybridized carbons (Fsp3) is 0.714. The van der Waals surface area contributed by atoms with Gasteiger partial charge in [0.15, 0.2) is 0 Å². The van der Waals surface area contributed by atoms with Crippen molar-refractivity contribution in [3.8, 4) is 0 Å². The molecule has 0 aromatic carbocycles. The van der Waals surface area contributed by atoms with Crippen LogP contribution in [0.1, 0.15) is 57.0 Å². The van der Waals surface area contributed by atoms with Crippen LogP contribution in [0.25, 0.3) is 0 Å². The normalized spacial score (nSPS) is 18.8. The van der Waals surface area contributed by atoms with Gasteiger partial charge in [-0.1, -0.05) is 44.8 Å². The maximum absolute atomic E-state index is 5.81. The van der Waals surface area contributed by atoms with Gasteiger partial charge in [0.05, 0.1) is 0 Å². The molecule has 1 aliphatic carbocycles. The fourth-order valence-electron chi connectivity index (χ4n) is 2.79. The summed E-state index contributed by atoms with van der Waals surface area (Å²) in [5, 5.41) is 0. The lowest BCUT2D eigenvalue weighted by molar-refractivity contribution is -0.0517. The van der Waals surface area contributed by atoms with Gasteiger partial charge in [-0.05, 0) is 25.3 Å². The van der Waals surface area contributed by atoms with Gasteiger partial charge in [-0.25, -0.2) is 4.98 Å². The van der Waals surface area contributed by atoms with Gasteiger partial charge in [-0.15, -0.1) is 0 Å². The number of aryl methyl sites for hydroxylation is 1. The minimum absolute atomic E-state index is 0.241. The fourth-order valence-corrected chi connectivity index (χ4v) is 3.02. The SMILES string of the molecule is CCCc1cc(=S)nc(C2(OC)CCCCC2)[nH]1. The zero-order valence-electron chi connectivity index (χ0n) is 11.3. The molecule has 0 spiro atoms. The van der Waals surface area contributed by atoms with Crippen molar-refractivity contribution in [3.63, 3.8) is 0 Å². The van der Waals surface area contributed by atoms with Crippen molar-refractivity contribution in [2.45, 2.75) is 57.5 Å². The maximum atomic E-state index is 5.81. The van der Waals surface area contributed by atoms with Crippen molar-refractivity contribution in [2.24, 2.45) is 0 Å². The summed E-state index contributed by atoms with van der Waals surface area (Å²) in [7, 11) is 1.79. The van der Waals surface area contributed by atoms with Crippen LogP contribution in [0, 0.1) is 4.64 Å². The molecule has 1 heterocycles. The predicted molar refractivity (Wildman–Crippen MR) is 75.2 cm³/mol. The second-order valence-corrected chi connectivity index (χ2v) is 5.52. The summed E-state index contributed by atoms with van der Waals surface area (Å²) in [6, 6.07) is 1.97. The zero-order chi connectivity index (χ0) is 13.0. The second-order valence-electron chi connectivity index (χ2n) is 5.10. The molecule has 2 rings (SSSR count). The van der Waals surface area contributed by atoms with E-state index in [9.17, 15) is 0 Å². The highest BCUT2D eigenvalue weighted by Gasteiger charge is 2.36. The molecule has 0 saturated heterocycles. The van der Waals surface area contributed by atoms with Gasteiger partial charge in [0.2, 0.25) is 0 Å². The standard InChI is InChI=1S/C14H22N2OS/c1-3-7-11-10-12(18)16-13(15-11)14(17-2)8-5-4-6-9-14/h10H,3-9H2,1-2H3,(H,15,16,18). The highest BCUT2D eigenvalue weighted by molar-refractivity contribution is 7.71. The van der Waals surface area contributed by atoms with Crippen molar-refractivity contribution in [2.75, 3.05) is 7.11 Å². The molecule has 1 aliphatic rings. The van der Waals surface area contributed by atoms with Gasteiger partial charge in [0.25, 0.3) is 0 Å². The lowest BCUT2D eigenvalue weighted by Crippen LogP contribution is -2.33. The monoisotopic (exact) mass is 266 g/mol. The van der Waals surface area contributed by atoms with Crippen LogP contribution in [-0.2, 0) is 16.8 Å². The van der Waals surface area contributed by atoms with Gasteiger partial charge in [0.1, 0.15) is 16.1 Å². The molecule has 0 aliphatic heterocycles. The van der Waals surface area contributed by atoms with Crippen molar-refractivity contribution in [3.05, 3.63) is 22.2 Å². The van der Waals surface area contributed by atoms with Gasteiger partial charge in [0, 0.05) is 12.8 Å². The molecule has 3 nitrogen and oxygen atoms in total. The predicted octanol–water partition coefficient (Wildman–Crippen LogP) is 3.90. The summed E-state index contributed by atoms with van der Waals surface area (Å²) < 4.78 is 6.49. The number of nitrogens with zero attached hydrogens (tertiary/aromatic N) is 1. The van der Waals surface area contributed by atoms with Gasteiger partial charge in [-0.3, -0.25) is 0 Å². The van der Waals surface area contributed by atoms with Gasteiger partial charge in [-0.2, -0.15) is 0 Å². The maximum Gasteiger partial charge on any atom is 0.140 e. The van der Waals surface area contributed by atoms with Crippen molar-refractivity contribution < 1.29 is 4.74 Å². The number of aromatic nitrogens is 2. The van der Waals surface area contributed by atoms with E-state index in [2.05, 4.69) is 16.9 Å². The second kappa shape index (κ2) is 5.93. The third-order valence-electron chi connectivity index (χ3n) is 3.80.